The van der Waals surface area contributed by atoms with Crippen molar-refractivity contribution < 1.29 is 9.90 Å². The lowest BCUT2D eigenvalue weighted by Gasteiger charge is -2.07. The highest BCUT2D eigenvalue weighted by Crippen LogP contribution is 2.36. The fourth-order valence-electron chi connectivity index (χ4n) is 1.87. The smallest absolute Gasteiger partial charge is 0.337 e. The van der Waals surface area contributed by atoms with Crippen LogP contribution in [-0.4, -0.2) is 17.1 Å². The lowest BCUT2D eigenvalue weighted by Crippen LogP contribution is -2.05. The van der Waals surface area contributed by atoms with E-state index in [0.29, 0.717) is 6.04 Å². The molecule has 2 atom stereocenters. The molecule has 2 rings (SSSR count). The molecule has 86 valence electrons. The Balaban J connectivity index is 2.07. The monoisotopic (exact) mass is 239 g/mol. The summed E-state index contributed by atoms with van der Waals surface area (Å²) in [5.74, 6) is -0.243. The molecule has 0 amide bonds. The molecule has 0 saturated heterocycles. The van der Waals surface area contributed by atoms with Crippen LogP contribution in [0.1, 0.15) is 30.1 Å². The summed E-state index contributed by atoms with van der Waals surface area (Å²) in [6.07, 6.45) is 2.37. The molecule has 1 aliphatic carbocycles. The molecule has 0 spiro atoms. The minimum absolute atomic E-state index is 0.148. The van der Waals surface area contributed by atoms with Crippen molar-refractivity contribution in [1.29, 1.82) is 0 Å². The number of nitrogens with one attached hydrogen (secondary N) is 1. The van der Waals surface area contributed by atoms with Gasteiger partial charge in [0.05, 0.1) is 10.6 Å². The second-order valence-electron chi connectivity index (χ2n) is 4.15. The molecule has 1 aromatic rings. The van der Waals surface area contributed by atoms with Crippen molar-refractivity contribution in [3.63, 3.8) is 0 Å². The van der Waals surface area contributed by atoms with Crippen LogP contribution in [0, 0.1) is 5.92 Å². The number of rotatable bonds is 4. The molecule has 2 unspecified atom stereocenters. The average Bonchev–Trinajstić information content (AvgIpc) is 2.96. The number of aromatic carboxylic acids is 1. The van der Waals surface area contributed by atoms with Gasteiger partial charge in [-0.3, -0.25) is 0 Å². The zero-order valence-corrected chi connectivity index (χ0v) is 9.79. The van der Waals surface area contributed by atoms with Crippen LogP contribution in [0.15, 0.2) is 18.2 Å². The molecule has 2 N–H and O–H groups in total. The van der Waals surface area contributed by atoms with Crippen LogP contribution in [0.4, 0.5) is 5.69 Å². The molecule has 4 heteroatoms. The van der Waals surface area contributed by atoms with Crippen molar-refractivity contribution in [3.05, 3.63) is 28.8 Å². The topological polar surface area (TPSA) is 49.3 Å². The fourth-order valence-corrected chi connectivity index (χ4v) is 2.13. The third kappa shape index (κ3) is 2.30. The highest BCUT2D eigenvalue weighted by atomic mass is 35.5. The zero-order chi connectivity index (χ0) is 11.7. The number of hydrogen-bond acceptors (Lipinski definition) is 2. The van der Waals surface area contributed by atoms with Crippen LogP contribution in [-0.2, 0) is 0 Å². The molecule has 0 aliphatic heterocycles. The number of carbonyl (C=O) groups is 1. The first-order valence-electron chi connectivity index (χ1n) is 5.41. The Bertz CT molecular complexity index is 419. The van der Waals surface area contributed by atoms with Gasteiger partial charge in [0.2, 0.25) is 0 Å². The van der Waals surface area contributed by atoms with Crippen molar-refractivity contribution in [1.82, 2.24) is 0 Å². The van der Waals surface area contributed by atoms with Gasteiger partial charge < -0.3 is 10.4 Å². The fraction of sp³-hybridized carbons (Fsp3) is 0.417. The summed E-state index contributed by atoms with van der Waals surface area (Å²) < 4.78 is 0. The van der Waals surface area contributed by atoms with E-state index in [1.165, 1.54) is 18.9 Å². The maximum Gasteiger partial charge on any atom is 0.337 e. The highest BCUT2D eigenvalue weighted by molar-refractivity contribution is 6.33. The van der Waals surface area contributed by atoms with Crippen molar-refractivity contribution in [2.45, 2.75) is 25.8 Å². The first-order chi connectivity index (χ1) is 7.61. The second kappa shape index (κ2) is 4.34. The number of anilines is 1. The number of hydrogen-bond donors (Lipinski definition) is 2. The van der Waals surface area contributed by atoms with Gasteiger partial charge in [-0.25, -0.2) is 4.79 Å². The van der Waals surface area contributed by atoms with Gasteiger partial charge in [0.1, 0.15) is 0 Å². The Hall–Kier alpha value is -1.22. The molecule has 1 aliphatic rings. The van der Waals surface area contributed by atoms with Gasteiger partial charge in [-0.1, -0.05) is 24.9 Å². The Labute approximate surface area is 99.4 Å². The van der Waals surface area contributed by atoms with Crippen LogP contribution < -0.4 is 5.32 Å². The van der Waals surface area contributed by atoms with E-state index in [-0.39, 0.29) is 10.6 Å². The molecule has 1 fully saturated rings. The maximum atomic E-state index is 10.8. The maximum absolute atomic E-state index is 10.8. The summed E-state index contributed by atoms with van der Waals surface area (Å²) in [7, 11) is 0. The number of halogens is 1. The standard InChI is InChI=1S/C12H14ClNO2/c1-2-7-5-11(7)14-8-3-4-9(12(15)16)10(13)6-8/h3-4,6-7,11,14H,2,5H2,1H3,(H,15,16). The van der Waals surface area contributed by atoms with Crippen molar-refractivity contribution in [2.75, 3.05) is 5.32 Å². The SMILES string of the molecule is CCC1CC1Nc1ccc(C(=O)O)c(Cl)c1. The van der Waals surface area contributed by atoms with Gasteiger partial charge >= 0.3 is 5.97 Å². The Morgan fingerprint density at radius 1 is 1.62 bits per heavy atom. The van der Waals surface area contributed by atoms with E-state index in [1.54, 1.807) is 12.1 Å². The summed E-state index contributed by atoms with van der Waals surface area (Å²) in [4.78, 5) is 10.8. The van der Waals surface area contributed by atoms with Gasteiger partial charge in [0.15, 0.2) is 0 Å². The highest BCUT2D eigenvalue weighted by Gasteiger charge is 2.35. The largest absolute Gasteiger partial charge is 0.478 e. The zero-order valence-electron chi connectivity index (χ0n) is 9.03. The van der Waals surface area contributed by atoms with E-state index in [9.17, 15) is 4.79 Å². The van der Waals surface area contributed by atoms with E-state index < -0.39 is 5.97 Å². The van der Waals surface area contributed by atoms with Gasteiger partial charge in [-0.15, -0.1) is 0 Å². The van der Waals surface area contributed by atoms with Gasteiger partial charge in [-0.2, -0.15) is 0 Å². The van der Waals surface area contributed by atoms with Crippen LogP contribution in [0.2, 0.25) is 5.02 Å². The molecule has 0 aromatic heterocycles. The summed E-state index contributed by atoms with van der Waals surface area (Å²) in [5.41, 5.74) is 1.05. The van der Waals surface area contributed by atoms with Crippen LogP contribution in [0.25, 0.3) is 0 Å². The van der Waals surface area contributed by atoms with Gasteiger partial charge in [-0.05, 0) is 30.5 Å². The average molecular weight is 240 g/mol. The molecule has 16 heavy (non-hydrogen) atoms. The lowest BCUT2D eigenvalue weighted by molar-refractivity contribution is 0.0697. The summed E-state index contributed by atoms with van der Waals surface area (Å²) in [5, 5.41) is 12.5. The Morgan fingerprint density at radius 2 is 2.38 bits per heavy atom. The minimum atomic E-state index is -0.991. The predicted molar refractivity (Wildman–Crippen MR) is 64.2 cm³/mol. The van der Waals surface area contributed by atoms with Crippen LogP contribution >= 0.6 is 11.6 Å². The quantitative estimate of drug-likeness (QED) is 0.848. The van der Waals surface area contributed by atoms with Gasteiger partial charge in [0, 0.05) is 11.7 Å². The van der Waals surface area contributed by atoms with E-state index in [4.69, 9.17) is 16.7 Å². The van der Waals surface area contributed by atoms with E-state index in [0.717, 1.165) is 11.6 Å². The van der Waals surface area contributed by atoms with Gasteiger partial charge in [0.25, 0.3) is 0 Å². The third-order valence-corrected chi connectivity index (χ3v) is 3.31. The normalized spacial score (nSPS) is 22.9. The summed E-state index contributed by atoms with van der Waals surface area (Å²) in [6.45, 7) is 2.17. The van der Waals surface area contributed by atoms with Crippen molar-refractivity contribution in [3.8, 4) is 0 Å². The van der Waals surface area contributed by atoms with E-state index in [1.807, 2.05) is 0 Å². The molecular formula is C12H14ClNO2. The molecule has 0 radical (unpaired) electrons. The first kappa shape index (κ1) is 11.3. The van der Waals surface area contributed by atoms with Crippen LogP contribution in [0.3, 0.4) is 0 Å². The first-order valence-corrected chi connectivity index (χ1v) is 5.79. The third-order valence-electron chi connectivity index (χ3n) is 3.00. The molecule has 0 heterocycles. The predicted octanol–water partition coefficient (Wildman–Crippen LogP) is 3.25. The second-order valence-corrected chi connectivity index (χ2v) is 4.56. The van der Waals surface area contributed by atoms with Crippen molar-refractivity contribution in [2.24, 2.45) is 5.92 Å². The van der Waals surface area contributed by atoms with Crippen molar-refractivity contribution >= 4 is 23.3 Å². The Kier molecular flexibility index (Phi) is 3.06. The molecule has 3 nitrogen and oxygen atoms in total. The number of carboxylic acids is 1. The summed E-state index contributed by atoms with van der Waals surface area (Å²) >= 11 is 5.88. The lowest BCUT2D eigenvalue weighted by atomic mass is 10.2. The van der Waals surface area contributed by atoms with E-state index in [2.05, 4.69) is 12.2 Å². The van der Waals surface area contributed by atoms with Crippen LogP contribution in [0.5, 0.6) is 0 Å². The number of carboxylic acid groups (broad SMARTS) is 1. The number of benzene rings is 1. The molecule has 0 bridgehead atoms. The minimum Gasteiger partial charge on any atom is -0.478 e. The molecule has 1 saturated carbocycles. The summed E-state index contributed by atoms with van der Waals surface area (Å²) in [6, 6.07) is 5.50. The Morgan fingerprint density at radius 3 is 2.88 bits per heavy atom. The molecular weight excluding hydrogens is 226 g/mol. The molecule has 1 aromatic carbocycles. The van der Waals surface area contributed by atoms with E-state index >= 15 is 0 Å².